The van der Waals surface area contributed by atoms with Crippen LogP contribution in [-0.2, 0) is 9.84 Å². The van der Waals surface area contributed by atoms with Crippen molar-refractivity contribution >= 4 is 31.9 Å². The first kappa shape index (κ1) is 20.6. The molecule has 9 heteroatoms. The molecule has 0 aliphatic heterocycles. The molecular formula is C18H16BrNO6S. The van der Waals surface area contributed by atoms with E-state index in [0.29, 0.717) is 10.9 Å². The SMILES string of the molecule is COc1ccc(OC(N)=O)c(S(=O)(=O)c2cccc(C#CCBr)c2)c1OC. The fourth-order valence-corrected chi connectivity index (χ4v) is 4.04. The Labute approximate surface area is 165 Å². The maximum absolute atomic E-state index is 13.3. The van der Waals surface area contributed by atoms with E-state index in [4.69, 9.17) is 19.9 Å². The van der Waals surface area contributed by atoms with E-state index in [9.17, 15) is 13.2 Å². The van der Waals surface area contributed by atoms with Gasteiger partial charge >= 0.3 is 6.09 Å². The van der Waals surface area contributed by atoms with Crippen molar-refractivity contribution in [1.29, 1.82) is 0 Å². The molecule has 0 heterocycles. The zero-order chi connectivity index (χ0) is 20.0. The second-order valence-electron chi connectivity index (χ2n) is 5.02. The molecule has 0 saturated heterocycles. The summed E-state index contributed by atoms with van der Waals surface area (Å²) in [6.45, 7) is 0. The van der Waals surface area contributed by atoms with Crippen molar-refractivity contribution < 1.29 is 27.4 Å². The van der Waals surface area contributed by atoms with E-state index in [1.165, 1.54) is 38.5 Å². The summed E-state index contributed by atoms with van der Waals surface area (Å²) < 4.78 is 41.8. The molecular weight excluding hydrogens is 438 g/mol. The molecule has 2 aromatic rings. The number of nitrogens with two attached hydrogens (primary N) is 1. The maximum Gasteiger partial charge on any atom is 0.410 e. The molecule has 7 nitrogen and oxygen atoms in total. The van der Waals surface area contributed by atoms with Gasteiger partial charge in [-0.05, 0) is 30.3 Å². The van der Waals surface area contributed by atoms with Gasteiger partial charge in [-0.25, -0.2) is 13.2 Å². The van der Waals surface area contributed by atoms with Gasteiger partial charge in [0.15, 0.2) is 22.1 Å². The van der Waals surface area contributed by atoms with E-state index in [2.05, 4.69) is 27.8 Å². The van der Waals surface area contributed by atoms with Crippen LogP contribution in [0.3, 0.4) is 0 Å². The van der Waals surface area contributed by atoms with E-state index < -0.39 is 15.9 Å². The van der Waals surface area contributed by atoms with Crippen LogP contribution in [0.25, 0.3) is 0 Å². The first-order valence-corrected chi connectivity index (χ1v) is 10.1. The third kappa shape index (κ3) is 4.53. The molecule has 142 valence electrons. The molecule has 0 atom stereocenters. The lowest BCUT2D eigenvalue weighted by Gasteiger charge is -2.16. The van der Waals surface area contributed by atoms with E-state index >= 15 is 0 Å². The summed E-state index contributed by atoms with van der Waals surface area (Å²) in [5.41, 5.74) is 5.57. The van der Waals surface area contributed by atoms with Crippen LogP contribution >= 0.6 is 15.9 Å². The highest BCUT2D eigenvalue weighted by atomic mass is 79.9. The standard InChI is InChI=1S/C18H16BrNO6S/c1-24-14-8-9-15(26-18(20)21)17(16(14)25-2)27(22,23)13-7-3-5-12(11-13)6-4-10-19/h3,5,7-9,11H,10H2,1-2H3,(H2,20,21). The van der Waals surface area contributed by atoms with Crippen molar-refractivity contribution in [2.24, 2.45) is 5.73 Å². The fourth-order valence-electron chi connectivity index (χ4n) is 2.32. The van der Waals surface area contributed by atoms with Crippen LogP contribution in [0.5, 0.6) is 17.2 Å². The highest BCUT2D eigenvalue weighted by molar-refractivity contribution is 9.09. The quantitative estimate of drug-likeness (QED) is 0.551. The Morgan fingerprint density at radius 1 is 1.15 bits per heavy atom. The minimum absolute atomic E-state index is 0.0512. The maximum atomic E-state index is 13.3. The number of primary amides is 1. The number of alkyl halides is 1. The average molecular weight is 454 g/mol. The van der Waals surface area contributed by atoms with Gasteiger partial charge in [-0.15, -0.1) is 0 Å². The van der Waals surface area contributed by atoms with Crippen LogP contribution in [0.4, 0.5) is 4.79 Å². The third-order valence-electron chi connectivity index (χ3n) is 3.39. The molecule has 0 radical (unpaired) electrons. The molecule has 0 spiro atoms. The number of ether oxygens (including phenoxy) is 3. The Kier molecular flexibility index (Phi) is 6.71. The lowest BCUT2D eigenvalue weighted by molar-refractivity contribution is 0.209. The normalized spacial score (nSPS) is 10.5. The van der Waals surface area contributed by atoms with Crippen LogP contribution in [0.15, 0.2) is 46.2 Å². The highest BCUT2D eigenvalue weighted by Crippen LogP contribution is 2.43. The van der Waals surface area contributed by atoms with Crippen molar-refractivity contribution in [1.82, 2.24) is 0 Å². The summed E-state index contributed by atoms with van der Waals surface area (Å²) in [5.74, 6) is 5.42. The van der Waals surface area contributed by atoms with Gasteiger partial charge in [0.25, 0.3) is 0 Å². The topological polar surface area (TPSA) is 105 Å². The van der Waals surface area contributed by atoms with Crippen molar-refractivity contribution in [2.45, 2.75) is 9.79 Å². The molecule has 2 aromatic carbocycles. The minimum atomic E-state index is -4.16. The number of hydrogen-bond donors (Lipinski definition) is 1. The molecule has 0 fully saturated rings. The Morgan fingerprint density at radius 2 is 1.85 bits per heavy atom. The molecule has 0 bridgehead atoms. The lowest BCUT2D eigenvalue weighted by atomic mass is 10.2. The van der Waals surface area contributed by atoms with Crippen LogP contribution in [-0.4, -0.2) is 34.1 Å². The molecule has 0 aromatic heterocycles. The van der Waals surface area contributed by atoms with Gasteiger partial charge < -0.3 is 19.9 Å². The second kappa shape index (κ2) is 8.79. The summed E-state index contributed by atoms with van der Waals surface area (Å²) in [4.78, 5) is 10.8. The third-order valence-corrected chi connectivity index (χ3v) is 5.47. The number of benzene rings is 2. The predicted molar refractivity (Wildman–Crippen MR) is 102 cm³/mol. The molecule has 2 N–H and O–H groups in total. The fraction of sp³-hybridized carbons (Fsp3) is 0.167. The van der Waals surface area contributed by atoms with Gasteiger partial charge in [-0.2, -0.15) is 0 Å². The Bertz CT molecular complexity index is 1020. The number of carbonyl (C=O) groups excluding carboxylic acids is 1. The largest absolute Gasteiger partial charge is 0.493 e. The van der Waals surface area contributed by atoms with Gasteiger partial charge in [0.1, 0.15) is 0 Å². The Balaban J connectivity index is 2.75. The van der Waals surface area contributed by atoms with Crippen LogP contribution in [0.2, 0.25) is 0 Å². The first-order chi connectivity index (χ1) is 12.8. The lowest BCUT2D eigenvalue weighted by Crippen LogP contribution is -2.18. The van der Waals surface area contributed by atoms with Gasteiger partial charge in [-0.3, -0.25) is 0 Å². The molecule has 1 amide bonds. The number of methoxy groups -OCH3 is 2. The van der Waals surface area contributed by atoms with E-state index in [-0.39, 0.29) is 27.0 Å². The molecule has 0 aliphatic carbocycles. The highest BCUT2D eigenvalue weighted by Gasteiger charge is 2.30. The summed E-state index contributed by atoms with van der Waals surface area (Å²) >= 11 is 3.19. The van der Waals surface area contributed by atoms with Crippen molar-refractivity contribution in [3.8, 4) is 29.1 Å². The van der Waals surface area contributed by atoms with E-state index in [0.717, 1.165) is 0 Å². The number of carbonyl (C=O) groups is 1. The molecule has 0 saturated carbocycles. The van der Waals surface area contributed by atoms with Gasteiger partial charge in [-0.1, -0.05) is 33.8 Å². The smallest absolute Gasteiger partial charge is 0.410 e. The van der Waals surface area contributed by atoms with Crippen molar-refractivity contribution in [3.05, 3.63) is 42.0 Å². The number of sulfone groups is 1. The molecule has 0 unspecified atom stereocenters. The summed E-state index contributed by atoms with van der Waals surface area (Å²) in [6.07, 6.45) is -1.16. The summed E-state index contributed by atoms with van der Waals surface area (Å²) in [7, 11) is -1.51. The van der Waals surface area contributed by atoms with Crippen molar-refractivity contribution in [3.63, 3.8) is 0 Å². The Hall–Kier alpha value is -2.70. The van der Waals surface area contributed by atoms with Crippen LogP contribution in [0.1, 0.15) is 5.56 Å². The minimum Gasteiger partial charge on any atom is -0.493 e. The zero-order valence-electron chi connectivity index (χ0n) is 14.5. The van der Waals surface area contributed by atoms with E-state index in [1.54, 1.807) is 12.1 Å². The predicted octanol–water partition coefficient (Wildman–Crippen LogP) is 2.74. The van der Waals surface area contributed by atoms with Crippen LogP contribution in [0, 0.1) is 11.8 Å². The zero-order valence-corrected chi connectivity index (χ0v) is 16.9. The van der Waals surface area contributed by atoms with Gasteiger partial charge in [0.2, 0.25) is 9.84 Å². The monoisotopic (exact) mass is 453 g/mol. The van der Waals surface area contributed by atoms with Crippen molar-refractivity contribution in [2.75, 3.05) is 19.5 Å². The number of hydrogen-bond acceptors (Lipinski definition) is 6. The van der Waals surface area contributed by atoms with Gasteiger partial charge in [0.05, 0.1) is 24.4 Å². The Morgan fingerprint density at radius 3 is 2.44 bits per heavy atom. The second-order valence-corrected chi connectivity index (χ2v) is 7.46. The number of amides is 1. The van der Waals surface area contributed by atoms with E-state index in [1.807, 2.05) is 0 Å². The molecule has 27 heavy (non-hydrogen) atoms. The number of rotatable bonds is 5. The number of halogens is 1. The molecule has 0 aliphatic rings. The average Bonchev–Trinajstić information content (AvgIpc) is 2.65. The summed E-state index contributed by atoms with van der Waals surface area (Å²) in [6, 6.07) is 8.74. The molecule has 2 rings (SSSR count). The van der Waals surface area contributed by atoms with Gasteiger partial charge in [0, 0.05) is 5.56 Å². The van der Waals surface area contributed by atoms with Crippen LogP contribution < -0.4 is 19.9 Å². The first-order valence-electron chi connectivity index (χ1n) is 7.47. The summed E-state index contributed by atoms with van der Waals surface area (Å²) in [5, 5.41) is 0.449.